The molecule has 1 atom stereocenters. The Hall–Kier alpha value is -3.92. The Kier molecular flexibility index (Phi) is 8.17. The number of hydrogen-bond acceptors (Lipinski definition) is 8. The highest BCUT2D eigenvalue weighted by Gasteiger charge is 2.27. The Morgan fingerprint density at radius 2 is 2.06 bits per heavy atom. The van der Waals surface area contributed by atoms with Gasteiger partial charge in [0.15, 0.2) is 5.82 Å². The number of tetrazole rings is 1. The molecule has 4 aromatic rings. The number of nitrogens with one attached hydrogen (secondary N) is 1. The van der Waals surface area contributed by atoms with Crippen LogP contribution < -0.4 is 5.56 Å². The molecule has 0 aliphatic carbocycles. The van der Waals surface area contributed by atoms with Crippen LogP contribution in [0.3, 0.4) is 0 Å². The number of benzene rings is 1. The van der Waals surface area contributed by atoms with E-state index in [0.29, 0.717) is 24.5 Å². The Bertz CT molecular complexity index is 1370. The third kappa shape index (κ3) is 6.01. The van der Waals surface area contributed by atoms with Gasteiger partial charge < -0.3 is 9.72 Å². The number of aromatic nitrogens is 6. The number of esters is 1. The number of aryl methyl sites for hydroxylation is 1. The Balaban J connectivity index is 1.73. The third-order valence-corrected chi connectivity index (χ3v) is 6.00. The molecule has 4 rings (SSSR count). The number of pyridine rings is 2. The second kappa shape index (κ2) is 11.7. The van der Waals surface area contributed by atoms with Crippen molar-refractivity contribution in [2.45, 2.75) is 59.3 Å². The number of carbonyl (C=O) groups excluding carboxylic acids is 1. The first-order valence-electron chi connectivity index (χ1n) is 12.2. The number of rotatable bonds is 11. The van der Waals surface area contributed by atoms with Crippen LogP contribution in [-0.4, -0.2) is 47.7 Å². The molecule has 188 valence electrons. The van der Waals surface area contributed by atoms with Crippen LogP contribution in [0.4, 0.5) is 0 Å². The molecule has 3 heterocycles. The minimum Gasteiger partial charge on any atom is -0.465 e. The summed E-state index contributed by atoms with van der Waals surface area (Å²) in [6.45, 7) is 6.97. The summed E-state index contributed by atoms with van der Waals surface area (Å²) in [6.07, 6.45) is 5.13. The molecular formula is C26H31N7O3. The first-order chi connectivity index (χ1) is 17.5. The van der Waals surface area contributed by atoms with Crippen molar-refractivity contribution in [2.24, 2.45) is 0 Å². The van der Waals surface area contributed by atoms with Gasteiger partial charge in [0.25, 0.3) is 5.56 Å². The molecule has 0 aliphatic heterocycles. The maximum absolute atomic E-state index is 13.1. The summed E-state index contributed by atoms with van der Waals surface area (Å²) in [5.41, 5.74) is 3.42. The first-order valence-corrected chi connectivity index (χ1v) is 12.2. The summed E-state index contributed by atoms with van der Waals surface area (Å²) in [7, 11) is 0. The summed E-state index contributed by atoms with van der Waals surface area (Å²) in [5.74, 6) is 0.156. The Labute approximate surface area is 209 Å². The fourth-order valence-corrected chi connectivity index (χ4v) is 4.35. The highest BCUT2D eigenvalue weighted by Crippen LogP contribution is 2.28. The normalized spacial score (nSPS) is 12.2. The second-order valence-electron chi connectivity index (χ2n) is 8.78. The van der Waals surface area contributed by atoms with Gasteiger partial charge in [-0.25, -0.2) is 4.68 Å². The van der Waals surface area contributed by atoms with E-state index in [1.807, 2.05) is 43.5 Å². The van der Waals surface area contributed by atoms with E-state index in [0.717, 1.165) is 34.9 Å². The van der Waals surface area contributed by atoms with E-state index in [1.54, 1.807) is 13.1 Å². The molecule has 0 spiro atoms. The molecule has 1 aromatic carbocycles. The van der Waals surface area contributed by atoms with Crippen LogP contribution in [0, 0.1) is 6.92 Å². The van der Waals surface area contributed by atoms with Gasteiger partial charge in [-0.3, -0.25) is 19.5 Å². The summed E-state index contributed by atoms with van der Waals surface area (Å²) in [6, 6.07) is 11.6. The highest BCUT2D eigenvalue weighted by atomic mass is 16.5. The number of hydrogen-bond donors (Lipinski definition) is 1. The maximum atomic E-state index is 13.1. The van der Waals surface area contributed by atoms with Crippen molar-refractivity contribution in [3.63, 3.8) is 0 Å². The lowest BCUT2D eigenvalue weighted by Crippen LogP contribution is -2.33. The minimum atomic E-state index is -0.401. The summed E-state index contributed by atoms with van der Waals surface area (Å²) >= 11 is 0. The maximum Gasteiger partial charge on any atom is 0.327 e. The molecule has 0 fully saturated rings. The Morgan fingerprint density at radius 3 is 2.81 bits per heavy atom. The van der Waals surface area contributed by atoms with Crippen molar-refractivity contribution in [1.82, 2.24) is 35.1 Å². The third-order valence-electron chi connectivity index (χ3n) is 6.00. The van der Waals surface area contributed by atoms with Gasteiger partial charge >= 0.3 is 5.97 Å². The van der Waals surface area contributed by atoms with Crippen molar-refractivity contribution < 1.29 is 9.53 Å². The van der Waals surface area contributed by atoms with E-state index >= 15 is 0 Å². The monoisotopic (exact) mass is 489 g/mol. The van der Waals surface area contributed by atoms with Gasteiger partial charge in [0.05, 0.1) is 12.6 Å². The molecule has 0 saturated heterocycles. The second-order valence-corrected chi connectivity index (χ2v) is 8.78. The van der Waals surface area contributed by atoms with Gasteiger partial charge in [-0.15, -0.1) is 5.10 Å². The van der Waals surface area contributed by atoms with E-state index in [4.69, 9.17) is 4.74 Å². The lowest BCUT2D eigenvalue weighted by Gasteiger charge is -2.30. The lowest BCUT2D eigenvalue weighted by atomic mass is 10.1. The number of H-pyrrole nitrogens is 1. The van der Waals surface area contributed by atoms with Gasteiger partial charge in [-0.05, 0) is 65.9 Å². The zero-order valence-electron chi connectivity index (χ0n) is 20.8. The van der Waals surface area contributed by atoms with Crippen LogP contribution in [0.1, 0.15) is 55.2 Å². The average molecular weight is 490 g/mol. The fraction of sp³-hybridized carbons (Fsp3) is 0.385. The molecule has 0 aliphatic rings. The summed E-state index contributed by atoms with van der Waals surface area (Å²) in [5, 5.41) is 13.2. The number of aromatic amines is 1. The predicted octanol–water partition coefficient (Wildman–Crippen LogP) is 3.32. The van der Waals surface area contributed by atoms with Crippen molar-refractivity contribution in [2.75, 3.05) is 6.61 Å². The van der Waals surface area contributed by atoms with E-state index in [1.165, 1.54) is 4.68 Å². The van der Waals surface area contributed by atoms with Crippen molar-refractivity contribution >= 4 is 16.9 Å². The van der Waals surface area contributed by atoms with Crippen molar-refractivity contribution in [3.8, 4) is 0 Å². The molecule has 3 aromatic heterocycles. The SMILES string of the molecule is CCCC(c1nnnn1CC(=O)OCC)N(Cc1cccnc1)Cc1cc2cc(C)ccc2[nH]c1=O. The van der Waals surface area contributed by atoms with E-state index in [-0.39, 0.29) is 24.8 Å². The highest BCUT2D eigenvalue weighted by molar-refractivity contribution is 5.79. The van der Waals surface area contributed by atoms with Gasteiger partial charge in [0, 0.05) is 36.6 Å². The summed E-state index contributed by atoms with van der Waals surface area (Å²) < 4.78 is 6.59. The number of nitrogens with zero attached hydrogens (tertiary/aromatic N) is 6. The number of ether oxygens (including phenoxy) is 1. The fourth-order valence-electron chi connectivity index (χ4n) is 4.35. The van der Waals surface area contributed by atoms with Crippen molar-refractivity contribution in [1.29, 1.82) is 0 Å². The molecule has 0 saturated carbocycles. The van der Waals surface area contributed by atoms with Gasteiger partial charge in [0.2, 0.25) is 0 Å². The molecule has 1 unspecified atom stereocenters. The molecule has 0 radical (unpaired) electrons. The zero-order valence-corrected chi connectivity index (χ0v) is 20.8. The lowest BCUT2D eigenvalue weighted by molar-refractivity contribution is -0.144. The molecule has 10 heteroatoms. The Morgan fingerprint density at radius 1 is 1.19 bits per heavy atom. The van der Waals surface area contributed by atoms with Crippen LogP contribution in [0.2, 0.25) is 0 Å². The van der Waals surface area contributed by atoms with Gasteiger partial charge in [-0.1, -0.05) is 31.0 Å². The van der Waals surface area contributed by atoms with E-state index in [2.05, 4.69) is 43.4 Å². The van der Waals surface area contributed by atoms with Crippen LogP contribution in [0.25, 0.3) is 10.9 Å². The molecule has 1 N–H and O–H groups in total. The number of carbonyl (C=O) groups is 1. The van der Waals surface area contributed by atoms with Crippen LogP contribution >= 0.6 is 0 Å². The quantitative estimate of drug-likeness (QED) is 0.319. The molecule has 10 nitrogen and oxygen atoms in total. The molecule has 0 amide bonds. The van der Waals surface area contributed by atoms with Crippen LogP contribution in [0.5, 0.6) is 0 Å². The standard InChI is InChI=1S/C26H31N7O3/c1-4-7-23(25-29-30-31-33(25)17-24(34)36-5-2)32(15-19-8-6-11-27-14-19)16-21-13-20-12-18(3)9-10-22(20)28-26(21)35/h6,8-14,23H,4-5,7,15-17H2,1-3H3,(H,28,35). The molecular weight excluding hydrogens is 458 g/mol. The van der Waals surface area contributed by atoms with E-state index in [9.17, 15) is 9.59 Å². The van der Waals surface area contributed by atoms with Crippen LogP contribution in [0.15, 0.2) is 53.6 Å². The summed E-state index contributed by atoms with van der Waals surface area (Å²) in [4.78, 5) is 34.7. The van der Waals surface area contributed by atoms with E-state index < -0.39 is 5.97 Å². The topological polar surface area (TPSA) is 119 Å². The minimum absolute atomic E-state index is 0.0764. The van der Waals surface area contributed by atoms with Gasteiger partial charge in [-0.2, -0.15) is 0 Å². The first kappa shape index (κ1) is 25.2. The average Bonchev–Trinajstić information content (AvgIpc) is 3.31. The molecule has 0 bridgehead atoms. The smallest absolute Gasteiger partial charge is 0.327 e. The predicted molar refractivity (Wildman–Crippen MR) is 135 cm³/mol. The molecule has 36 heavy (non-hydrogen) atoms. The largest absolute Gasteiger partial charge is 0.465 e. The van der Waals surface area contributed by atoms with Crippen molar-refractivity contribution in [3.05, 3.63) is 81.7 Å². The van der Waals surface area contributed by atoms with Crippen LogP contribution in [-0.2, 0) is 29.2 Å². The van der Waals surface area contributed by atoms with Gasteiger partial charge in [0.1, 0.15) is 6.54 Å². The zero-order chi connectivity index (χ0) is 25.5. The number of fused-ring (bicyclic) bond motifs is 1.